The molecule has 2 aromatic carbocycles. The van der Waals surface area contributed by atoms with Crippen LogP contribution in [0.3, 0.4) is 0 Å². The van der Waals surface area contributed by atoms with Crippen molar-refractivity contribution in [1.29, 1.82) is 0 Å². The van der Waals surface area contributed by atoms with E-state index in [1.54, 1.807) is 30.3 Å². The summed E-state index contributed by atoms with van der Waals surface area (Å²) in [6, 6.07) is 13.2. The minimum Gasteiger partial charge on any atom is -0.368 e. The van der Waals surface area contributed by atoms with Gasteiger partial charge >= 0.3 is 6.18 Å². The molecule has 0 fully saturated rings. The van der Waals surface area contributed by atoms with Gasteiger partial charge in [0.05, 0.1) is 28.8 Å². The second-order valence-corrected chi connectivity index (χ2v) is 9.20. The molecule has 2 aromatic heterocycles. The number of nitrogens with zero attached hydrogens (tertiary/aromatic N) is 3. The minimum atomic E-state index is -4.50. The Balaban J connectivity index is 1.37. The first-order chi connectivity index (χ1) is 19.1. The molecule has 0 atom stereocenters. The molecule has 4 aromatic rings. The first kappa shape index (κ1) is 26.5. The van der Waals surface area contributed by atoms with E-state index < -0.39 is 17.6 Å². The summed E-state index contributed by atoms with van der Waals surface area (Å²) in [5.74, 6) is 5.57. The molecule has 4 N–H and O–H groups in total. The summed E-state index contributed by atoms with van der Waals surface area (Å²) in [6.45, 7) is 0.552. The molecule has 0 bridgehead atoms. The highest BCUT2D eigenvalue weighted by molar-refractivity contribution is 5.98. The van der Waals surface area contributed by atoms with Crippen LogP contribution in [0.25, 0.3) is 11.4 Å². The van der Waals surface area contributed by atoms with E-state index >= 15 is 0 Å². The lowest BCUT2D eigenvalue weighted by molar-refractivity contribution is -0.137. The predicted octanol–water partition coefficient (Wildman–Crippen LogP) is 3.95. The van der Waals surface area contributed by atoms with Crippen molar-refractivity contribution in [3.63, 3.8) is 0 Å². The van der Waals surface area contributed by atoms with Crippen LogP contribution >= 0.6 is 0 Å². The van der Waals surface area contributed by atoms with Crippen LogP contribution in [0.2, 0.25) is 0 Å². The van der Waals surface area contributed by atoms with E-state index in [4.69, 9.17) is 5.73 Å². The number of anilines is 2. The number of fused-ring (bicyclic) bond motifs is 1. The SMILES string of the molecule is Cn1c(-c2nc(N)ncc2C#Cc2cccc(CC(=O)Nc3cccc(C(F)(F)F)c3)c2)cc2c1CCNC2=O. The third kappa shape index (κ3) is 5.66. The third-order valence-electron chi connectivity index (χ3n) is 6.41. The van der Waals surface area contributed by atoms with Gasteiger partial charge in [-0.3, -0.25) is 9.59 Å². The van der Waals surface area contributed by atoms with Gasteiger partial charge in [-0.05, 0) is 42.0 Å². The van der Waals surface area contributed by atoms with E-state index in [2.05, 4.69) is 32.4 Å². The summed E-state index contributed by atoms with van der Waals surface area (Å²) in [7, 11) is 1.86. The molecule has 0 spiro atoms. The molecule has 0 saturated heterocycles. The predicted molar refractivity (Wildman–Crippen MR) is 143 cm³/mol. The Bertz CT molecular complexity index is 1700. The van der Waals surface area contributed by atoms with Gasteiger partial charge in [0, 0.05) is 43.2 Å². The molecule has 8 nitrogen and oxygen atoms in total. The first-order valence-corrected chi connectivity index (χ1v) is 12.3. The second-order valence-electron chi connectivity index (χ2n) is 9.20. The number of aromatic nitrogens is 3. The van der Waals surface area contributed by atoms with Crippen LogP contribution < -0.4 is 16.4 Å². The van der Waals surface area contributed by atoms with Gasteiger partial charge in [-0.25, -0.2) is 9.97 Å². The lowest BCUT2D eigenvalue weighted by Crippen LogP contribution is -2.31. The average Bonchev–Trinajstić information content (AvgIpc) is 3.25. The van der Waals surface area contributed by atoms with Crippen molar-refractivity contribution < 1.29 is 22.8 Å². The number of hydrogen-bond acceptors (Lipinski definition) is 5. The smallest absolute Gasteiger partial charge is 0.368 e. The Labute approximate surface area is 227 Å². The number of nitrogens with one attached hydrogen (secondary N) is 2. The maximum Gasteiger partial charge on any atom is 0.416 e. The van der Waals surface area contributed by atoms with Crippen LogP contribution in [0.5, 0.6) is 0 Å². The van der Waals surface area contributed by atoms with Crippen molar-refractivity contribution in [3.8, 4) is 23.2 Å². The van der Waals surface area contributed by atoms with Crippen LogP contribution in [0.1, 0.15) is 38.3 Å². The highest BCUT2D eigenvalue weighted by Crippen LogP contribution is 2.31. The lowest BCUT2D eigenvalue weighted by atomic mass is 10.1. The van der Waals surface area contributed by atoms with E-state index in [-0.39, 0.29) is 24.0 Å². The Morgan fingerprint density at radius 2 is 1.95 bits per heavy atom. The summed E-state index contributed by atoms with van der Waals surface area (Å²) >= 11 is 0. The molecule has 0 radical (unpaired) electrons. The van der Waals surface area contributed by atoms with Gasteiger partial charge in [0.25, 0.3) is 5.91 Å². The summed E-state index contributed by atoms with van der Waals surface area (Å²) in [6.07, 6.45) is -2.35. The zero-order valence-electron chi connectivity index (χ0n) is 21.3. The first-order valence-electron chi connectivity index (χ1n) is 12.3. The molecule has 11 heteroatoms. The van der Waals surface area contributed by atoms with Crippen molar-refractivity contribution in [2.24, 2.45) is 7.05 Å². The quantitative estimate of drug-likeness (QED) is 0.337. The van der Waals surface area contributed by atoms with Crippen molar-refractivity contribution in [3.05, 3.63) is 94.3 Å². The molecule has 0 aliphatic carbocycles. The molecule has 1 aliphatic rings. The van der Waals surface area contributed by atoms with Crippen LogP contribution in [0, 0.1) is 11.8 Å². The second kappa shape index (κ2) is 10.6. The summed E-state index contributed by atoms with van der Waals surface area (Å²) in [4.78, 5) is 33.3. The fourth-order valence-corrected chi connectivity index (χ4v) is 4.50. The van der Waals surface area contributed by atoms with Crippen LogP contribution in [0.15, 0.2) is 60.8 Å². The Hall–Kier alpha value is -5.11. The van der Waals surface area contributed by atoms with Crippen LogP contribution in [-0.2, 0) is 30.9 Å². The monoisotopic (exact) mass is 544 g/mol. The molecule has 40 heavy (non-hydrogen) atoms. The Morgan fingerprint density at radius 3 is 2.73 bits per heavy atom. The fourth-order valence-electron chi connectivity index (χ4n) is 4.50. The molecule has 1 aliphatic heterocycles. The number of hydrogen-bond donors (Lipinski definition) is 3. The number of carbonyl (C=O) groups is 2. The highest BCUT2D eigenvalue weighted by atomic mass is 19.4. The number of rotatable bonds is 4. The number of alkyl halides is 3. The molecule has 0 saturated carbocycles. The summed E-state index contributed by atoms with van der Waals surface area (Å²) in [5, 5.41) is 5.34. The van der Waals surface area contributed by atoms with Gasteiger partial charge in [0.1, 0.15) is 5.69 Å². The molecular weight excluding hydrogens is 521 g/mol. The van der Waals surface area contributed by atoms with Gasteiger partial charge < -0.3 is 20.9 Å². The number of amides is 2. The van der Waals surface area contributed by atoms with E-state index in [1.807, 2.05) is 11.6 Å². The summed E-state index contributed by atoms with van der Waals surface area (Å²) < 4.78 is 40.8. The molecule has 202 valence electrons. The van der Waals surface area contributed by atoms with Crippen molar-refractivity contribution in [1.82, 2.24) is 19.9 Å². The van der Waals surface area contributed by atoms with E-state index in [0.717, 1.165) is 17.8 Å². The zero-order chi connectivity index (χ0) is 28.4. The van der Waals surface area contributed by atoms with E-state index in [0.29, 0.717) is 46.6 Å². The highest BCUT2D eigenvalue weighted by Gasteiger charge is 2.30. The molecule has 2 amide bonds. The zero-order valence-corrected chi connectivity index (χ0v) is 21.3. The van der Waals surface area contributed by atoms with E-state index in [1.165, 1.54) is 18.3 Å². The maximum absolute atomic E-state index is 13.0. The Kier molecular flexibility index (Phi) is 7.00. The largest absolute Gasteiger partial charge is 0.416 e. The fraction of sp³-hybridized carbons (Fsp3) is 0.172. The number of nitrogen functional groups attached to an aromatic ring is 1. The van der Waals surface area contributed by atoms with Gasteiger partial charge in [-0.1, -0.05) is 30.0 Å². The normalized spacial score (nSPS) is 12.7. The third-order valence-corrected chi connectivity index (χ3v) is 6.41. The van der Waals surface area contributed by atoms with Gasteiger partial charge in [-0.2, -0.15) is 13.2 Å². The van der Waals surface area contributed by atoms with Crippen LogP contribution in [-0.4, -0.2) is 32.9 Å². The molecular formula is C29H23F3N6O2. The van der Waals surface area contributed by atoms with Crippen molar-refractivity contribution in [2.75, 3.05) is 17.6 Å². The number of halogens is 3. The number of carbonyl (C=O) groups excluding carboxylic acids is 2. The topological polar surface area (TPSA) is 115 Å². The van der Waals surface area contributed by atoms with Gasteiger partial charge in [-0.15, -0.1) is 0 Å². The number of nitrogens with two attached hydrogens (primary N) is 1. The molecule has 5 rings (SSSR count). The van der Waals surface area contributed by atoms with Gasteiger partial charge in [0.2, 0.25) is 11.9 Å². The number of benzene rings is 2. The summed E-state index contributed by atoms with van der Waals surface area (Å²) in [5.41, 5.74) is 9.47. The lowest BCUT2D eigenvalue weighted by Gasteiger charge is -2.14. The molecule has 3 heterocycles. The molecule has 0 unspecified atom stereocenters. The minimum absolute atomic E-state index is 0.0566. The maximum atomic E-state index is 13.0. The van der Waals surface area contributed by atoms with Gasteiger partial charge in [0.15, 0.2) is 0 Å². The van der Waals surface area contributed by atoms with Crippen molar-refractivity contribution in [2.45, 2.75) is 19.0 Å². The Morgan fingerprint density at radius 1 is 1.15 bits per heavy atom. The van der Waals surface area contributed by atoms with E-state index in [9.17, 15) is 22.8 Å². The van der Waals surface area contributed by atoms with Crippen molar-refractivity contribution >= 4 is 23.5 Å². The van der Waals surface area contributed by atoms with Crippen LogP contribution in [0.4, 0.5) is 24.8 Å². The average molecular weight is 545 g/mol. The standard InChI is InChI=1S/C29H23F3N6O2/c1-38-23-10-11-34-27(40)22(23)15-24(38)26-19(16-35-28(33)37-26)9-8-17-4-2-5-18(12-17)13-25(39)36-21-7-3-6-20(14-21)29(30,31)32/h2-7,12,14-16H,10-11,13H2,1H3,(H,34,40)(H,36,39)(H2,33,35,37).